The van der Waals surface area contributed by atoms with Crippen molar-refractivity contribution in [3.63, 3.8) is 0 Å². The van der Waals surface area contributed by atoms with Crippen molar-refractivity contribution in [2.45, 2.75) is 37.1 Å². The van der Waals surface area contributed by atoms with E-state index in [1.807, 2.05) is 12.1 Å². The summed E-state index contributed by atoms with van der Waals surface area (Å²) in [4.78, 5) is 7.86. The Hall–Kier alpha value is -2.30. The van der Waals surface area contributed by atoms with Crippen molar-refractivity contribution < 1.29 is 24.1 Å². The topological polar surface area (TPSA) is 116 Å². The van der Waals surface area contributed by atoms with Crippen molar-refractivity contribution in [2.24, 2.45) is 0 Å². The summed E-state index contributed by atoms with van der Waals surface area (Å²) >= 11 is 6.09. The van der Waals surface area contributed by atoms with Gasteiger partial charge in [-0.1, -0.05) is 17.7 Å². The average Bonchev–Trinajstić information content (AvgIpc) is 3.19. The molecule has 5 atom stereocenters. The highest BCUT2D eigenvalue weighted by Crippen LogP contribution is 2.42. The molecule has 152 valence electrons. The third-order valence-corrected chi connectivity index (χ3v) is 5.76. The number of halogens is 2. The van der Waals surface area contributed by atoms with Crippen LogP contribution in [0.4, 0.5) is 10.2 Å². The number of hydrogen-bond acceptors (Lipinski definition) is 7. The zero-order chi connectivity index (χ0) is 20.3. The van der Waals surface area contributed by atoms with E-state index in [1.54, 1.807) is 6.07 Å². The third kappa shape index (κ3) is 2.89. The first-order valence-electron chi connectivity index (χ1n) is 9.13. The van der Waals surface area contributed by atoms with Gasteiger partial charge in [0.2, 0.25) is 0 Å². The second-order valence-corrected chi connectivity index (χ2v) is 7.64. The molecule has 5 rings (SSSR count). The lowest BCUT2D eigenvalue weighted by Crippen LogP contribution is -2.37. The van der Waals surface area contributed by atoms with E-state index in [0.717, 1.165) is 17.3 Å². The number of hydrogen-bond donors (Lipinski definition) is 3. The summed E-state index contributed by atoms with van der Waals surface area (Å²) in [7, 11) is 0. The normalized spacial score (nSPS) is 29.3. The fourth-order valence-corrected chi connectivity index (χ4v) is 4.34. The van der Waals surface area contributed by atoms with Crippen LogP contribution in [0.3, 0.4) is 0 Å². The largest absolute Gasteiger partial charge is 0.387 e. The molecule has 2 aliphatic heterocycles. The number of aliphatic hydroxyl groups is 2. The Labute approximate surface area is 169 Å². The van der Waals surface area contributed by atoms with Gasteiger partial charge >= 0.3 is 0 Å². The van der Waals surface area contributed by atoms with Gasteiger partial charge in [-0.25, -0.2) is 14.4 Å². The molecule has 0 aliphatic carbocycles. The van der Waals surface area contributed by atoms with Crippen LogP contribution in [0.5, 0.6) is 0 Å². The lowest BCUT2D eigenvalue weighted by atomic mass is 9.92. The van der Waals surface area contributed by atoms with Crippen LogP contribution >= 0.6 is 11.6 Å². The van der Waals surface area contributed by atoms with Crippen LogP contribution in [0.25, 0.3) is 11.0 Å². The maximum atomic E-state index is 14.4. The molecule has 10 heteroatoms. The maximum Gasteiger partial charge on any atom is 0.164 e. The minimum Gasteiger partial charge on any atom is -0.387 e. The lowest BCUT2D eigenvalue weighted by molar-refractivity contribution is -0.113. The monoisotopic (exact) mass is 420 g/mol. The Balaban J connectivity index is 1.52. The van der Waals surface area contributed by atoms with Gasteiger partial charge in [0.1, 0.15) is 36.6 Å². The zero-order valence-electron chi connectivity index (χ0n) is 15.1. The minimum absolute atomic E-state index is 0.0164. The standard InChI is InChI=1S/C19H18ClFN4O4/c20-9-1-2-10-8(5-9)3-4-28-15(10)16-13(26)14(27)19(29-16)25-6-11(21)12-17(22)23-7-24-18(12)25/h1-2,5-7,13-16,19,26-27H,3-4H2,(H2,22,23,24)/t13-,14+,15+,16-,19+/m0/s1. The smallest absolute Gasteiger partial charge is 0.164 e. The molecule has 8 nitrogen and oxygen atoms in total. The number of ether oxygens (including phenoxy) is 2. The number of aliphatic hydroxyl groups excluding tert-OH is 2. The predicted octanol–water partition coefficient (Wildman–Crippen LogP) is 1.74. The van der Waals surface area contributed by atoms with E-state index in [-0.39, 0.29) is 16.9 Å². The van der Waals surface area contributed by atoms with Gasteiger partial charge in [0.25, 0.3) is 0 Å². The molecule has 0 radical (unpaired) electrons. The molecule has 0 bridgehead atoms. The van der Waals surface area contributed by atoms with Crippen LogP contribution in [-0.2, 0) is 15.9 Å². The summed E-state index contributed by atoms with van der Waals surface area (Å²) in [5.41, 5.74) is 7.76. The second kappa shape index (κ2) is 6.89. The SMILES string of the molecule is Nc1ncnc2c1c(F)cn2[C@@H]1O[C@H]([C@@H]2OCCc3cc(Cl)ccc32)[C@@H](O)[C@H]1O. The van der Waals surface area contributed by atoms with Gasteiger partial charge in [-0.15, -0.1) is 0 Å². The Morgan fingerprint density at radius 2 is 2.07 bits per heavy atom. The van der Waals surface area contributed by atoms with Crippen molar-refractivity contribution in [1.82, 2.24) is 14.5 Å². The van der Waals surface area contributed by atoms with Crippen LogP contribution in [0.15, 0.2) is 30.7 Å². The molecule has 1 aromatic carbocycles. The van der Waals surface area contributed by atoms with E-state index < -0.39 is 36.5 Å². The highest BCUT2D eigenvalue weighted by Gasteiger charge is 2.49. The molecule has 4 N–H and O–H groups in total. The van der Waals surface area contributed by atoms with Gasteiger partial charge in [-0.3, -0.25) is 0 Å². The Bertz CT molecular complexity index is 1090. The number of nitrogens with two attached hydrogens (primary N) is 1. The van der Waals surface area contributed by atoms with Crippen molar-refractivity contribution in [3.05, 3.63) is 52.7 Å². The van der Waals surface area contributed by atoms with Gasteiger partial charge in [0.15, 0.2) is 17.7 Å². The van der Waals surface area contributed by atoms with Crippen molar-refractivity contribution in [3.8, 4) is 0 Å². The number of nitrogens with zero attached hydrogens (tertiary/aromatic N) is 3. The summed E-state index contributed by atoms with van der Waals surface area (Å²) < 4.78 is 27.6. The van der Waals surface area contributed by atoms with Gasteiger partial charge in [-0.05, 0) is 29.7 Å². The number of benzene rings is 1. The highest BCUT2D eigenvalue weighted by atomic mass is 35.5. The van der Waals surface area contributed by atoms with Gasteiger partial charge < -0.3 is 30.0 Å². The zero-order valence-corrected chi connectivity index (χ0v) is 15.8. The maximum absolute atomic E-state index is 14.4. The van der Waals surface area contributed by atoms with Crippen LogP contribution in [0.1, 0.15) is 23.5 Å². The molecule has 4 heterocycles. The molecule has 2 aromatic heterocycles. The van der Waals surface area contributed by atoms with E-state index in [4.69, 9.17) is 26.8 Å². The Morgan fingerprint density at radius 1 is 1.24 bits per heavy atom. The predicted molar refractivity (Wildman–Crippen MR) is 102 cm³/mol. The number of nitrogen functional groups attached to an aromatic ring is 1. The lowest BCUT2D eigenvalue weighted by Gasteiger charge is -2.31. The van der Waals surface area contributed by atoms with Gasteiger partial charge in [-0.2, -0.15) is 0 Å². The molecule has 1 saturated heterocycles. The molecular weight excluding hydrogens is 403 g/mol. The van der Waals surface area contributed by atoms with Crippen LogP contribution < -0.4 is 5.73 Å². The summed E-state index contributed by atoms with van der Waals surface area (Å²) in [6, 6.07) is 5.43. The van der Waals surface area contributed by atoms with E-state index in [2.05, 4.69) is 9.97 Å². The Morgan fingerprint density at radius 3 is 2.90 bits per heavy atom. The summed E-state index contributed by atoms with van der Waals surface area (Å²) in [6.07, 6.45) is -2.10. The van der Waals surface area contributed by atoms with E-state index in [9.17, 15) is 14.6 Å². The van der Waals surface area contributed by atoms with Crippen LogP contribution in [0.2, 0.25) is 5.02 Å². The molecule has 29 heavy (non-hydrogen) atoms. The molecule has 3 aromatic rings. The first-order valence-corrected chi connectivity index (χ1v) is 9.51. The van der Waals surface area contributed by atoms with Gasteiger partial charge in [0, 0.05) is 11.2 Å². The fraction of sp³-hybridized carbons (Fsp3) is 0.368. The van der Waals surface area contributed by atoms with Crippen molar-refractivity contribution in [2.75, 3.05) is 12.3 Å². The molecule has 0 unspecified atom stereocenters. The minimum atomic E-state index is -1.33. The van der Waals surface area contributed by atoms with Crippen LogP contribution in [0, 0.1) is 5.82 Å². The first-order chi connectivity index (χ1) is 14.0. The average molecular weight is 421 g/mol. The quantitative estimate of drug-likeness (QED) is 0.578. The highest BCUT2D eigenvalue weighted by molar-refractivity contribution is 6.30. The molecule has 0 saturated carbocycles. The number of rotatable bonds is 2. The summed E-state index contributed by atoms with van der Waals surface area (Å²) in [5, 5.41) is 22.0. The molecular formula is C19H18ClFN4O4. The summed E-state index contributed by atoms with van der Waals surface area (Å²) in [5.74, 6) is -0.655. The third-order valence-electron chi connectivity index (χ3n) is 5.52. The van der Waals surface area contributed by atoms with E-state index >= 15 is 0 Å². The van der Waals surface area contributed by atoms with Crippen molar-refractivity contribution in [1.29, 1.82) is 0 Å². The number of aromatic nitrogens is 3. The van der Waals surface area contributed by atoms with E-state index in [1.165, 1.54) is 10.9 Å². The molecule has 0 amide bonds. The molecule has 0 spiro atoms. The number of anilines is 1. The first kappa shape index (κ1) is 18.7. The van der Waals surface area contributed by atoms with Crippen LogP contribution in [-0.4, -0.2) is 49.7 Å². The Kier molecular flexibility index (Phi) is 4.45. The van der Waals surface area contributed by atoms with Crippen molar-refractivity contribution >= 4 is 28.5 Å². The summed E-state index contributed by atoms with van der Waals surface area (Å²) in [6.45, 7) is 0.427. The molecule has 2 aliphatic rings. The van der Waals surface area contributed by atoms with Gasteiger partial charge in [0.05, 0.1) is 12.0 Å². The second-order valence-electron chi connectivity index (χ2n) is 7.20. The van der Waals surface area contributed by atoms with E-state index in [0.29, 0.717) is 18.1 Å². The number of fused-ring (bicyclic) bond motifs is 2. The molecule has 1 fully saturated rings. The fourth-order valence-electron chi connectivity index (χ4n) is 4.15.